The van der Waals surface area contributed by atoms with Crippen LogP contribution in [0.5, 0.6) is 0 Å². The van der Waals surface area contributed by atoms with Gasteiger partial charge in [0.25, 0.3) is 0 Å². The summed E-state index contributed by atoms with van der Waals surface area (Å²) in [4.78, 5) is 11.4. The number of hydrogen-bond acceptors (Lipinski definition) is 7. The molecule has 0 radical (unpaired) electrons. The number of carbonyl (C=O) groups is 1. The number of Topliss-reactive ketones (excluding diaryl/α,β-unsaturated/α-hetero) is 1. The Hall–Kier alpha value is -0.570. The Morgan fingerprint density at radius 1 is 0.552 bits per heavy atom. The largest absolute Gasteiger partial charge is 0.379 e. The Balaban J connectivity index is 3.06. The van der Waals surface area contributed by atoms with E-state index < -0.39 is 0 Å². The molecule has 0 fully saturated rings. The maximum Gasteiger partial charge on any atom is 0.137 e. The Kier molecular flexibility index (Phi) is 21.7. The average molecular weight is 421 g/mol. The van der Waals surface area contributed by atoms with Crippen LogP contribution >= 0.6 is 0 Å². The van der Waals surface area contributed by atoms with Gasteiger partial charge < -0.3 is 28.4 Å². The van der Waals surface area contributed by atoms with Crippen LogP contribution in [0.2, 0.25) is 0 Å². The van der Waals surface area contributed by atoms with Gasteiger partial charge in [-0.25, -0.2) is 0 Å². The van der Waals surface area contributed by atoms with Crippen molar-refractivity contribution in [1.82, 2.24) is 0 Å². The summed E-state index contributed by atoms with van der Waals surface area (Å²) in [7, 11) is 0. The first-order chi connectivity index (χ1) is 14.0. The van der Waals surface area contributed by atoms with Crippen molar-refractivity contribution in [3.8, 4) is 0 Å². The molecule has 0 aliphatic heterocycles. The van der Waals surface area contributed by atoms with Gasteiger partial charge >= 0.3 is 0 Å². The van der Waals surface area contributed by atoms with Crippen LogP contribution in [-0.2, 0) is 33.2 Å². The summed E-state index contributed by atoms with van der Waals surface area (Å²) in [6.45, 7) is 15.0. The van der Waals surface area contributed by atoms with E-state index in [4.69, 9.17) is 28.4 Å². The van der Waals surface area contributed by atoms with E-state index in [1.807, 2.05) is 13.8 Å². The van der Waals surface area contributed by atoms with Gasteiger partial charge in [0.05, 0.1) is 72.7 Å². The molecule has 0 aromatic carbocycles. The minimum Gasteiger partial charge on any atom is -0.379 e. The van der Waals surface area contributed by atoms with E-state index in [1.165, 1.54) is 6.42 Å². The second kappa shape index (κ2) is 22.1. The fourth-order valence-corrected chi connectivity index (χ4v) is 2.26. The lowest BCUT2D eigenvalue weighted by Gasteiger charge is -2.09. The Morgan fingerprint density at radius 2 is 0.897 bits per heavy atom. The van der Waals surface area contributed by atoms with Crippen LogP contribution < -0.4 is 0 Å². The third-order valence-electron chi connectivity index (χ3n) is 4.07. The van der Waals surface area contributed by atoms with Crippen molar-refractivity contribution in [3.63, 3.8) is 0 Å². The highest BCUT2D eigenvalue weighted by Crippen LogP contribution is 2.02. The van der Waals surface area contributed by atoms with Crippen LogP contribution in [-0.4, -0.2) is 85.1 Å². The lowest BCUT2D eigenvalue weighted by atomic mass is 10.1. The van der Waals surface area contributed by atoms with Gasteiger partial charge in [0, 0.05) is 18.9 Å². The van der Waals surface area contributed by atoms with Gasteiger partial charge in [-0.3, -0.25) is 4.79 Å². The van der Waals surface area contributed by atoms with Crippen LogP contribution in [0.4, 0.5) is 0 Å². The molecule has 0 aromatic heterocycles. The standard InChI is InChI=1S/C22H44O7/c1-20(2)6-5-8-24-10-12-26-14-16-28-18-19-29-17-15-27-13-11-25-9-7-22(23)21(3)4/h20-21H,5-19H2,1-4H3. The molecule has 0 unspecified atom stereocenters. The molecule has 0 aliphatic rings. The summed E-state index contributed by atoms with van der Waals surface area (Å²) in [6.07, 6.45) is 2.79. The van der Waals surface area contributed by atoms with Gasteiger partial charge in [-0.05, 0) is 18.8 Å². The van der Waals surface area contributed by atoms with Crippen LogP contribution in [0.1, 0.15) is 47.0 Å². The quantitative estimate of drug-likeness (QED) is 0.235. The lowest BCUT2D eigenvalue weighted by molar-refractivity contribution is -0.123. The van der Waals surface area contributed by atoms with E-state index in [9.17, 15) is 4.79 Å². The third kappa shape index (κ3) is 23.6. The summed E-state index contributed by atoms with van der Waals surface area (Å²) in [6, 6.07) is 0. The van der Waals surface area contributed by atoms with Crippen molar-refractivity contribution in [3.05, 3.63) is 0 Å². The first kappa shape index (κ1) is 28.4. The van der Waals surface area contributed by atoms with Crippen molar-refractivity contribution >= 4 is 5.78 Å². The molecule has 0 rings (SSSR count). The molecule has 0 aliphatic carbocycles. The highest BCUT2D eigenvalue weighted by molar-refractivity contribution is 5.80. The van der Waals surface area contributed by atoms with E-state index in [2.05, 4.69) is 13.8 Å². The number of ketones is 1. The van der Waals surface area contributed by atoms with Crippen LogP contribution in [0.3, 0.4) is 0 Å². The Morgan fingerprint density at radius 3 is 1.24 bits per heavy atom. The van der Waals surface area contributed by atoms with Gasteiger partial charge in [0.2, 0.25) is 0 Å². The molecule has 7 heteroatoms. The summed E-state index contributed by atoms with van der Waals surface area (Å²) in [5.74, 6) is 1.04. The van der Waals surface area contributed by atoms with E-state index >= 15 is 0 Å². The molecule has 0 heterocycles. The molecule has 0 atom stereocenters. The topological polar surface area (TPSA) is 72.5 Å². The van der Waals surface area contributed by atoms with Crippen molar-refractivity contribution in [2.45, 2.75) is 47.0 Å². The molecule has 29 heavy (non-hydrogen) atoms. The summed E-state index contributed by atoms with van der Waals surface area (Å²) >= 11 is 0. The Labute approximate surface area is 177 Å². The summed E-state index contributed by atoms with van der Waals surface area (Å²) in [5, 5.41) is 0. The van der Waals surface area contributed by atoms with E-state index in [-0.39, 0.29) is 11.7 Å². The highest BCUT2D eigenvalue weighted by Gasteiger charge is 2.06. The second-order valence-corrected chi connectivity index (χ2v) is 7.58. The molecule has 0 N–H and O–H groups in total. The van der Waals surface area contributed by atoms with Crippen molar-refractivity contribution in [2.75, 3.05) is 79.3 Å². The molecule has 0 saturated heterocycles. The predicted molar refractivity (Wildman–Crippen MR) is 113 cm³/mol. The van der Waals surface area contributed by atoms with Crippen molar-refractivity contribution in [2.24, 2.45) is 11.8 Å². The monoisotopic (exact) mass is 420 g/mol. The highest BCUT2D eigenvalue weighted by atomic mass is 16.6. The average Bonchev–Trinajstić information content (AvgIpc) is 2.68. The first-order valence-corrected chi connectivity index (χ1v) is 11.0. The van der Waals surface area contributed by atoms with E-state index in [0.29, 0.717) is 79.1 Å². The van der Waals surface area contributed by atoms with Gasteiger partial charge in [0.1, 0.15) is 5.78 Å². The minimum atomic E-state index is 0.0763. The smallest absolute Gasteiger partial charge is 0.137 e. The minimum absolute atomic E-state index is 0.0763. The molecule has 174 valence electrons. The van der Waals surface area contributed by atoms with Crippen LogP contribution in [0.15, 0.2) is 0 Å². The Bertz CT molecular complexity index is 348. The molecule has 0 spiro atoms. The van der Waals surface area contributed by atoms with Crippen molar-refractivity contribution in [1.29, 1.82) is 0 Å². The summed E-state index contributed by atoms with van der Waals surface area (Å²) < 4.78 is 32.6. The predicted octanol–water partition coefficient (Wildman–Crippen LogP) is 3.14. The SMILES string of the molecule is CC(C)CCCOCCOCCOCCOCCOCCOCCC(=O)C(C)C. The van der Waals surface area contributed by atoms with Gasteiger partial charge in [-0.2, -0.15) is 0 Å². The van der Waals surface area contributed by atoms with E-state index in [1.54, 1.807) is 0 Å². The third-order valence-corrected chi connectivity index (χ3v) is 4.07. The van der Waals surface area contributed by atoms with Crippen molar-refractivity contribution < 1.29 is 33.2 Å². The second-order valence-electron chi connectivity index (χ2n) is 7.58. The molecular formula is C22H44O7. The zero-order chi connectivity index (χ0) is 21.6. The first-order valence-electron chi connectivity index (χ1n) is 11.0. The maximum atomic E-state index is 11.4. The van der Waals surface area contributed by atoms with Gasteiger partial charge in [0.15, 0.2) is 0 Å². The molecule has 7 nitrogen and oxygen atoms in total. The normalized spacial score (nSPS) is 11.7. The number of hydrogen-bond donors (Lipinski definition) is 0. The fourth-order valence-electron chi connectivity index (χ4n) is 2.26. The fraction of sp³-hybridized carbons (Fsp3) is 0.955. The lowest BCUT2D eigenvalue weighted by Crippen LogP contribution is -2.15. The molecule has 0 amide bonds. The van der Waals surface area contributed by atoms with Gasteiger partial charge in [-0.15, -0.1) is 0 Å². The number of carbonyl (C=O) groups excluding carboxylic acids is 1. The maximum absolute atomic E-state index is 11.4. The molecular weight excluding hydrogens is 376 g/mol. The summed E-state index contributed by atoms with van der Waals surface area (Å²) in [5.41, 5.74) is 0. The zero-order valence-electron chi connectivity index (χ0n) is 19.1. The van der Waals surface area contributed by atoms with Gasteiger partial charge in [-0.1, -0.05) is 27.7 Å². The zero-order valence-corrected chi connectivity index (χ0v) is 19.1. The number of rotatable bonds is 23. The van der Waals surface area contributed by atoms with Crippen LogP contribution in [0, 0.1) is 11.8 Å². The molecule has 0 bridgehead atoms. The molecule has 0 aromatic rings. The molecule has 0 saturated carbocycles. The van der Waals surface area contributed by atoms with E-state index in [0.717, 1.165) is 18.9 Å². The van der Waals surface area contributed by atoms with Crippen LogP contribution in [0.25, 0.3) is 0 Å². The number of ether oxygens (including phenoxy) is 6.